The van der Waals surface area contributed by atoms with Gasteiger partial charge in [0, 0.05) is 25.4 Å². The molecule has 1 amide bonds. The van der Waals surface area contributed by atoms with E-state index in [9.17, 15) is 13.6 Å². The second kappa shape index (κ2) is 3.60. The van der Waals surface area contributed by atoms with Gasteiger partial charge in [-0.25, -0.2) is 8.78 Å². The Balaban J connectivity index is 2.51. The first-order valence-corrected chi connectivity index (χ1v) is 4.49. The van der Waals surface area contributed by atoms with E-state index in [1.165, 1.54) is 6.92 Å². The predicted octanol–water partition coefficient (Wildman–Crippen LogP) is 1.90. The molecule has 1 saturated heterocycles. The summed E-state index contributed by atoms with van der Waals surface area (Å²) in [4.78, 5) is 12.5. The maximum atomic E-state index is 12.5. The van der Waals surface area contributed by atoms with Crippen LogP contribution in [0, 0.1) is 5.41 Å². The highest BCUT2D eigenvalue weighted by Crippen LogP contribution is 2.36. The van der Waals surface area contributed by atoms with Crippen molar-refractivity contribution in [1.29, 1.82) is 0 Å². The number of hydrogen-bond acceptors (Lipinski definition) is 1. The summed E-state index contributed by atoms with van der Waals surface area (Å²) in [5, 5.41) is 0. The highest BCUT2D eigenvalue weighted by atomic mass is 19.3. The molecule has 13 heavy (non-hydrogen) atoms. The average Bonchev–Trinajstić information content (AvgIpc) is 2.04. The van der Waals surface area contributed by atoms with Crippen LogP contribution >= 0.6 is 0 Å². The van der Waals surface area contributed by atoms with Crippen LogP contribution in [0.4, 0.5) is 8.78 Å². The molecule has 1 aliphatic heterocycles. The molecule has 0 aliphatic carbocycles. The first-order valence-electron chi connectivity index (χ1n) is 4.49. The molecule has 0 saturated carbocycles. The zero-order chi connectivity index (χ0) is 10.1. The Labute approximate surface area is 76.9 Å². The number of amides is 1. The van der Waals surface area contributed by atoms with E-state index < -0.39 is 11.8 Å². The van der Waals surface area contributed by atoms with E-state index in [0.717, 1.165) is 0 Å². The summed E-state index contributed by atoms with van der Waals surface area (Å²) in [6, 6.07) is 0. The van der Waals surface area contributed by atoms with Crippen molar-refractivity contribution in [2.75, 3.05) is 13.1 Å². The van der Waals surface area contributed by atoms with Gasteiger partial charge in [0.1, 0.15) is 0 Å². The van der Waals surface area contributed by atoms with E-state index in [-0.39, 0.29) is 5.91 Å². The Morgan fingerprint density at radius 3 is 2.15 bits per heavy atom. The number of alkyl halides is 2. The third-order valence-electron chi connectivity index (χ3n) is 2.88. The fourth-order valence-corrected chi connectivity index (χ4v) is 1.55. The minimum atomic E-state index is -2.28. The average molecular weight is 191 g/mol. The van der Waals surface area contributed by atoms with E-state index in [4.69, 9.17) is 0 Å². The molecule has 0 aromatic carbocycles. The van der Waals surface area contributed by atoms with Gasteiger partial charge in [0.05, 0.1) is 0 Å². The summed E-state index contributed by atoms with van der Waals surface area (Å²) < 4.78 is 25.1. The molecule has 0 unspecified atom stereocenters. The van der Waals surface area contributed by atoms with Crippen LogP contribution in [0.5, 0.6) is 0 Å². The van der Waals surface area contributed by atoms with Crippen molar-refractivity contribution < 1.29 is 13.6 Å². The molecule has 76 valence electrons. The summed E-state index contributed by atoms with van der Waals surface area (Å²) in [6.07, 6.45) is -1.46. The number of hydrogen-bond donors (Lipinski definition) is 0. The number of carbonyl (C=O) groups is 1. The highest BCUT2D eigenvalue weighted by molar-refractivity contribution is 5.73. The summed E-state index contributed by atoms with van der Waals surface area (Å²) in [5.41, 5.74) is -0.883. The molecule has 1 rings (SSSR count). The van der Waals surface area contributed by atoms with Crippen LogP contribution in [-0.2, 0) is 4.79 Å². The number of piperidine rings is 1. The van der Waals surface area contributed by atoms with Crippen molar-refractivity contribution in [2.45, 2.75) is 33.1 Å². The Morgan fingerprint density at radius 2 is 1.85 bits per heavy atom. The van der Waals surface area contributed by atoms with Crippen LogP contribution in [0.3, 0.4) is 0 Å². The summed E-state index contributed by atoms with van der Waals surface area (Å²) >= 11 is 0. The zero-order valence-corrected chi connectivity index (χ0v) is 8.02. The van der Waals surface area contributed by atoms with Gasteiger partial charge >= 0.3 is 0 Å². The van der Waals surface area contributed by atoms with Crippen molar-refractivity contribution in [1.82, 2.24) is 4.90 Å². The second-order valence-corrected chi connectivity index (χ2v) is 3.96. The highest BCUT2D eigenvalue weighted by Gasteiger charge is 2.38. The molecule has 0 aromatic heterocycles. The molecule has 0 aromatic rings. The van der Waals surface area contributed by atoms with Gasteiger partial charge in [-0.05, 0) is 12.8 Å². The van der Waals surface area contributed by atoms with Gasteiger partial charge in [0.15, 0.2) is 0 Å². The van der Waals surface area contributed by atoms with Crippen LogP contribution < -0.4 is 0 Å². The topological polar surface area (TPSA) is 20.3 Å². The molecule has 0 N–H and O–H groups in total. The van der Waals surface area contributed by atoms with Crippen LogP contribution in [0.15, 0.2) is 0 Å². The lowest BCUT2D eigenvalue weighted by molar-refractivity contribution is -0.133. The third-order valence-corrected chi connectivity index (χ3v) is 2.88. The molecule has 0 radical (unpaired) electrons. The molecular formula is C9H15F2NO. The molecule has 0 bridgehead atoms. The number of likely N-dealkylation sites (tertiary alicyclic amines) is 1. The lowest BCUT2D eigenvalue weighted by Gasteiger charge is -2.38. The number of nitrogens with zero attached hydrogens (tertiary/aromatic N) is 1. The van der Waals surface area contributed by atoms with Gasteiger partial charge < -0.3 is 4.90 Å². The Morgan fingerprint density at radius 1 is 1.38 bits per heavy atom. The smallest absolute Gasteiger partial charge is 0.244 e. The lowest BCUT2D eigenvalue weighted by Crippen LogP contribution is -2.43. The van der Waals surface area contributed by atoms with Crippen LogP contribution in [0.1, 0.15) is 26.7 Å². The maximum Gasteiger partial charge on any atom is 0.244 e. The summed E-state index contributed by atoms with van der Waals surface area (Å²) in [5.74, 6) is -0.0173. The Hall–Kier alpha value is -0.670. The molecular weight excluding hydrogens is 176 g/mol. The minimum absolute atomic E-state index is 0.0173. The molecule has 4 heteroatoms. The van der Waals surface area contributed by atoms with Crippen LogP contribution in [0.2, 0.25) is 0 Å². The van der Waals surface area contributed by atoms with Crippen molar-refractivity contribution in [2.24, 2.45) is 5.41 Å². The normalized spacial score (nSPS) is 22.1. The van der Waals surface area contributed by atoms with Crippen molar-refractivity contribution in [3.05, 3.63) is 0 Å². The van der Waals surface area contributed by atoms with E-state index in [0.29, 0.717) is 25.9 Å². The molecule has 2 nitrogen and oxygen atoms in total. The zero-order valence-electron chi connectivity index (χ0n) is 8.02. The minimum Gasteiger partial charge on any atom is -0.343 e. The monoisotopic (exact) mass is 191 g/mol. The van der Waals surface area contributed by atoms with Crippen molar-refractivity contribution in [3.8, 4) is 0 Å². The standard InChI is InChI=1S/C9H15F2NO/c1-7(13)12-5-3-9(2,4-6-12)8(10)11/h8H,3-6H2,1-2H3. The molecule has 1 heterocycles. The predicted molar refractivity (Wildman–Crippen MR) is 45.6 cm³/mol. The SMILES string of the molecule is CC(=O)N1CCC(C)(C(F)F)CC1. The van der Waals surface area contributed by atoms with Gasteiger partial charge in [0.2, 0.25) is 12.3 Å². The third kappa shape index (κ3) is 2.17. The number of halogens is 2. The summed E-state index contributed by atoms with van der Waals surface area (Å²) in [7, 11) is 0. The fourth-order valence-electron chi connectivity index (χ4n) is 1.55. The molecule has 1 aliphatic rings. The maximum absolute atomic E-state index is 12.5. The van der Waals surface area contributed by atoms with E-state index in [1.807, 2.05) is 0 Å². The van der Waals surface area contributed by atoms with E-state index in [1.54, 1.807) is 11.8 Å². The van der Waals surface area contributed by atoms with Crippen LogP contribution in [0.25, 0.3) is 0 Å². The largest absolute Gasteiger partial charge is 0.343 e. The lowest BCUT2D eigenvalue weighted by atomic mass is 9.81. The Kier molecular flexibility index (Phi) is 2.88. The first kappa shape index (κ1) is 10.4. The molecule has 0 atom stereocenters. The second-order valence-electron chi connectivity index (χ2n) is 3.96. The van der Waals surface area contributed by atoms with E-state index in [2.05, 4.69) is 0 Å². The van der Waals surface area contributed by atoms with E-state index >= 15 is 0 Å². The van der Waals surface area contributed by atoms with Gasteiger partial charge in [-0.15, -0.1) is 0 Å². The first-order chi connectivity index (χ1) is 5.96. The van der Waals surface area contributed by atoms with Gasteiger partial charge in [-0.2, -0.15) is 0 Å². The number of rotatable bonds is 1. The van der Waals surface area contributed by atoms with Gasteiger partial charge in [-0.3, -0.25) is 4.79 Å². The van der Waals surface area contributed by atoms with Crippen molar-refractivity contribution >= 4 is 5.91 Å². The molecule has 0 spiro atoms. The fraction of sp³-hybridized carbons (Fsp3) is 0.889. The van der Waals surface area contributed by atoms with Gasteiger partial charge in [0.25, 0.3) is 0 Å². The van der Waals surface area contributed by atoms with Crippen molar-refractivity contribution in [3.63, 3.8) is 0 Å². The van der Waals surface area contributed by atoms with Gasteiger partial charge in [-0.1, -0.05) is 6.92 Å². The molecule has 1 fully saturated rings. The quantitative estimate of drug-likeness (QED) is 0.620. The number of carbonyl (C=O) groups excluding carboxylic acids is 1. The Bertz CT molecular complexity index is 198. The summed E-state index contributed by atoms with van der Waals surface area (Å²) in [6.45, 7) is 4.01. The van der Waals surface area contributed by atoms with Crippen LogP contribution in [-0.4, -0.2) is 30.3 Å².